The molecule has 1 aromatic heterocycles. The van der Waals surface area contributed by atoms with Crippen LogP contribution in [0.4, 0.5) is 0 Å². The Hall–Kier alpha value is -3.40. The van der Waals surface area contributed by atoms with E-state index in [2.05, 4.69) is 104 Å². The molecule has 0 aliphatic rings. The summed E-state index contributed by atoms with van der Waals surface area (Å²) < 4.78 is 0. The van der Waals surface area contributed by atoms with Gasteiger partial charge in [-0.2, -0.15) is 0 Å². The van der Waals surface area contributed by atoms with Gasteiger partial charge < -0.3 is 5.11 Å². The van der Waals surface area contributed by atoms with Crippen LogP contribution in [-0.2, 0) is 30.3 Å². The molecule has 1 radical (unpaired) electrons. The van der Waals surface area contributed by atoms with Gasteiger partial charge in [0.1, 0.15) is 6.33 Å². The number of rotatable bonds is 8. The normalized spacial score (nSPS) is 12.0. The third-order valence-electron chi connectivity index (χ3n) is 8.42. The number of carbonyl (C=O) groups excluding carboxylic acids is 1. The van der Waals surface area contributed by atoms with Gasteiger partial charge in [-0.15, -0.1) is 29.1 Å². The van der Waals surface area contributed by atoms with E-state index >= 15 is 0 Å². The van der Waals surface area contributed by atoms with E-state index in [9.17, 15) is 9.90 Å². The van der Waals surface area contributed by atoms with E-state index in [-0.39, 0.29) is 48.9 Å². The van der Waals surface area contributed by atoms with Gasteiger partial charge in [0.25, 0.3) is 0 Å². The largest absolute Gasteiger partial charge is 0.512 e. The summed E-state index contributed by atoms with van der Waals surface area (Å²) in [7, 11) is 0. The molecule has 0 unspecified atom stereocenters. The Morgan fingerprint density at radius 3 is 2.02 bits per heavy atom. The summed E-state index contributed by atoms with van der Waals surface area (Å²) in [6.07, 6.45) is 6.57. The van der Waals surface area contributed by atoms with E-state index in [0.717, 1.165) is 53.2 Å². The first-order valence-corrected chi connectivity index (χ1v) is 15.6. The van der Waals surface area contributed by atoms with Crippen molar-refractivity contribution < 1.29 is 30.0 Å². The summed E-state index contributed by atoms with van der Waals surface area (Å²) in [5.74, 6) is 0.547. The summed E-state index contributed by atoms with van der Waals surface area (Å²) in [5, 5.41) is 15.6. The summed E-state index contributed by atoms with van der Waals surface area (Å²) in [4.78, 5) is 20.9. The Morgan fingerprint density at radius 1 is 0.818 bits per heavy atom. The van der Waals surface area contributed by atoms with Crippen LogP contribution in [0.15, 0.2) is 84.9 Å². The maximum Gasteiger partial charge on any atom is 0.162 e. The maximum absolute atomic E-state index is 11.7. The van der Waals surface area contributed by atoms with Crippen LogP contribution in [0.5, 0.6) is 0 Å². The number of fused-ring (bicyclic) bond motifs is 3. The van der Waals surface area contributed by atoms with E-state index < -0.39 is 0 Å². The van der Waals surface area contributed by atoms with E-state index in [4.69, 9.17) is 0 Å². The third-order valence-corrected chi connectivity index (χ3v) is 8.42. The van der Waals surface area contributed by atoms with Crippen LogP contribution in [0.25, 0.3) is 43.7 Å². The molecule has 5 rings (SSSR count). The second kappa shape index (κ2) is 15.5. The van der Waals surface area contributed by atoms with Gasteiger partial charge in [-0.3, -0.25) is 9.78 Å². The van der Waals surface area contributed by atoms with Crippen LogP contribution in [0, 0.1) is 17.9 Å². The van der Waals surface area contributed by atoms with E-state index in [0.29, 0.717) is 0 Å². The van der Waals surface area contributed by atoms with Crippen LogP contribution in [0.2, 0.25) is 0 Å². The van der Waals surface area contributed by atoms with Gasteiger partial charge in [-0.1, -0.05) is 108 Å². The first-order valence-electron chi connectivity index (χ1n) is 15.6. The number of aliphatic hydroxyl groups excluding tert-OH is 1. The number of allylic oxidation sites excluding steroid dienone is 2. The monoisotopic (exact) mass is 766 g/mol. The number of benzene rings is 4. The summed E-state index contributed by atoms with van der Waals surface area (Å²) in [6.45, 7) is 14.8. The standard InChI is InChI=1S/C26H21N2.C13H24O2.Ir/c1-26(2,3)23-14-20(12-19-10-6-7-11-21(19)23)25-22-13-17-8-4-5-9-18(17)15-24(22)27-16-28-25;1-5-10(6-2)12(14)9-13(15)11(7-3)8-4;/h4-11,13-16H,1-3H3;9-11,14H,5-8H2,1-4H3;/q-1;;/b;12-9-;. The fraction of sp³-hybridized carbons (Fsp3) is 0.359. The molecular weight excluding hydrogens is 721 g/mol. The molecule has 5 heteroatoms. The molecule has 0 aliphatic carbocycles. The Labute approximate surface area is 276 Å². The molecule has 0 aliphatic heterocycles. The summed E-state index contributed by atoms with van der Waals surface area (Å²) in [5.41, 5.74) is 4.25. The SMILES string of the molecule is CC(C)(C)c1cc(-c2ncnc3cc4ccccc4cc23)[c-]c2ccccc12.CCC(CC)C(=O)/C=C(\O)C(CC)CC.[Ir]. The maximum atomic E-state index is 11.7. The zero-order valence-corrected chi connectivity index (χ0v) is 29.5. The minimum absolute atomic E-state index is 0. The first-order chi connectivity index (χ1) is 20.6. The minimum atomic E-state index is 0. The van der Waals surface area contributed by atoms with Gasteiger partial charge in [0.05, 0.1) is 11.3 Å². The average Bonchev–Trinajstić information content (AvgIpc) is 3.00. The molecule has 0 amide bonds. The van der Waals surface area contributed by atoms with Gasteiger partial charge in [-0.25, -0.2) is 4.98 Å². The van der Waals surface area contributed by atoms with Crippen molar-refractivity contribution in [2.45, 2.75) is 79.6 Å². The van der Waals surface area contributed by atoms with Gasteiger partial charge >= 0.3 is 0 Å². The van der Waals surface area contributed by atoms with E-state index in [1.165, 1.54) is 27.8 Å². The van der Waals surface area contributed by atoms with Gasteiger partial charge in [0.15, 0.2) is 5.78 Å². The van der Waals surface area contributed by atoms with Crippen LogP contribution in [0.1, 0.15) is 79.7 Å². The third kappa shape index (κ3) is 8.00. The van der Waals surface area contributed by atoms with Crippen LogP contribution >= 0.6 is 0 Å². The number of ketones is 1. The van der Waals surface area contributed by atoms with E-state index in [1.54, 1.807) is 6.33 Å². The van der Waals surface area contributed by atoms with Gasteiger partial charge in [0, 0.05) is 43.7 Å². The molecule has 1 heterocycles. The molecule has 0 saturated heterocycles. The molecule has 1 N–H and O–H groups in total. The van der Waals surface area contributed by atoms with Crippen molar-refractivity contribution in [3.63, 3.8) is 0 Å². The van der Waals surface area contributed by atoms with Crippen LogP contribution < -0.4 is 0 Å². The molecule has 4 nitrogen and oxygen atoms in total. The van der Waals surface area contributed by atoms with Crippen molar-refractivity contribution in [3.05, 3.63) is 96.5 Å². The summed E-state index contributed by atoms with van der Waals surface area (Å²) >= 11 is 0. The van der Waals surface area contributed by atoms with Crippen LogP contribution in [0.3, 0.4) is 0 Å². The second-order valence-electron chi connectivity index (χ2n) is 12.3. The predicted molar refractivity (Wildman–Crippen MR) is 181 cm³/mol. The fourth-order valence-corrected chi connectivity index (χ4v) is 5.72. The van der Waals surface area contributed by atoms with Crippen molar-refractivity contribution in [3.8, 4) is 11.3 Å². The minimum Gasteiger partial charge on any atom is -0.512 e. The smallest absolute Gasteiger partial charge is 0.162 e. The van der Waals surface area contributed by atoms with Gasteiger partial charge in [-0.05, 0) is 53.3 Å². The number of carbonyl (C=O) groups is 1. The van der Waals surface area contributed by atoms with Crippen molar-refractivity contribution in [1.82, 2.24) is 9.97 Å². The molecule has 233 valence electrons. The molecule has 44 heavy (non-hydrogen) atoms. The molecular formula is C39H45IrN2O2-. The Balaban J connectivity index is 0.000000286. The number of hydrogen-bond donors (Lipinski definition) is 1. The van der Waals surface area contributed by atoms with E-state index in [1.807, 2.05) is 27.7 Å². The molecule has 0 fully saturated rings. The molecule has 0 bridgehead atoms. The molecule has 0 saturated carbocycles. The van der Waals surface area contributed by atoms with Crippen molar-refractivity contribution in [1.29, 1.82) is 0 Å². The Morgan fingerprint density at radius 2 is 1.41 bits per heavy atom. The molecule has 4 aromatic carbocycles. The predicted octanol–water partition coefficient (Wildman–Crippen LogP) is 10.6. The topological polar surface area (TPSA) is 63.1 Å². The van der Waals surface area contributed by atoms with Crippen molar-refractivity contribution in [2.24, 2.45) is 11.8 Å². The van der Waals surface area contributed by atoms with Gasteiger partial charge in [0.2, 0.25) is 0 Å². The van der Waals surface area contributed by atoms with Crippen molar-refractivity contribution in [2.75, 3.05) is 0 Å². The number of nitrogens with zero attached hydrogens (tertiary/aromatic N) is 2. The van der Waals surface area contributed by atoms with Crippen molar-refractivity contribution >= 4 is 38.2 Å². The number of hydrogen-bond acceptors (Lipinski definition) is 4. The Bertz CT molecular complexity index is 1740. The zero-order chi connectivity index (χ0) is 31.1. The average molecular weight is 766 g/mol. The molecule has 5 aromatic rings. The number of aromatic nitrogens is 2. The second-order valence-corrected chi connectivity index (χ2v) is 12.3. The fourth-order valence-electron chi connectivity index (χ4n) is 5.72. The Kier molecular flexibility index (Phi) is 12.4. The quantitative estimate of drug-likeness (QED) is 0.0740. The molecule has 0 atom stereocenters. The first kappa shape index (κ1) is 35.1. The molecule has 0 spiro atoms. The number of aliphatic hydroxyl groups is 1. The zero-order valence-electron chi connectivity index (χ0n) is 27.1. The summed E-state index contributed by atoms with van der Waals surface area (Å²) in [6, 6.07) is 27.1. The van der Waals surface area contributed by atoms with Crippen LogP contribution in [-0.4, -0.2) is 20.9 Å².